The number of likely N-dealkylation sites (tertiary alicyclic amines) is 1. The molecule has 0 bridgehead atoms. The minimum Gasteiger partial charge on any atom is -0.493 e. The van der Waals surface area contributed by atoms with Gasteiger partial charge in [0.2, 0.25) is 0 Å². The van der Waals surface area contributed by atoms with Gasteiger partial charge in [-0.05, 0) is 18.6 Å². The molecule has 0 saturated carbocycles. The molecule has 27 heavy (non-hydrogen) atoms. The number of hydrogen-bond acceptors (Lipinski definition) is 5. The Morgan fingerprint density at radius 3 is 2.93 bits per heavy atom. The summed E-state index contributed by atoms with van der Waals surface area (Å²) in [5.41, 5.74) is 2.51. The lowest BCUT2D eigenvalue weighted by Gasteiger charge is -2.17. The molecule has 1 amide bonds. The van der Waals surface area contributed by atoms with Crippen LogP contribution in [0.25, 0.3) is 10.8 Å². The van der Waals surface area contributed by atoms with E-state index in [1.807, 2.05) is 41.8 Å². The Morgan fingerprint density at radius 2 is 2.11 bits per heavy atom. The molecule has 1 atom stereocenters. The summed E-state index contributed by atoms with van der Waals surface area (Å²) in [6.07, 6.45) is 0.611. The number of fused-ring (bicyclic) bond motifs is 1. The van der Waals surface area contributed by atoms with Gasteiger partial charge in [-0.15, -0.1) is 11.3 Å². The Morgan fingerprint density at radius 1 is 1.26 bits per heavy atom. The number of halogens is 1. The number of thiazole rings is 1. The molecule has 2 heterocycles. The number of carbonyl (C=O) groups excluding carboxylic acids is 1. The molecule has 7 heteroatoms. The monoisotopic (exact) mass is 402 g/mol. The zero-order valence-corrected chi connectivity index (χ0v) is 16.2. The Bertz CT molecular complexity index is 932. The van der Waals surface area contributed by atoms with Crippen molar-refractivity contribution in [3.63, 3.8) is 0 Å². The zero-order valence-electron chi connectivity index (χ0n) is 14.6. The van der Waals surface area contributed by atoms with Gasteiger partial charge in [0.15, 0.2) is 0 Å². The van der Waals surface area contributed by atoms with Crippen LogP contribution < -0.4 is 4.74 Å². The third kappa shape index (κ3) is 4.17. The van der Waals surface area contributed by atoms with Crippen molar-refractivity contribution in [2.45, 2.75) is 13.0 Å². The van der Waals surface area contributed by atoms with E-state index in [2.05, 4.69) is 4.98 Å². The molecule has 0 aliphatic carbocycles. The first-order valence-electron chi connectivity index (χ1n) is 8.79. The molecule has 140 valence electrons. The lowest BCUT2D eigenvalue weighted by Crippen LogP contribution is -2.30. The number of ether oxygens (including phenoxy) is 2. The largest absolute Gasteiger partial charge is 0.493 e. The van der Waals surface area contributed by atoms with E-state index in [0.29, 0.717) is 24.7 Å². The van der Waals surface area contributed by atoms with Crippen molar-refractivity contribution in [1.29, 1.82) is 0 Å². The highest BCUT2D eigenvalue weighted by Crippen LogP contribution is 2.32. The Labute approximate surface area is 166 Å². The van der Waals surface area contributed by atoms with E-state index in [1.165, 1.54) is 11.3 Å². The maximum absolute atomic E-state index is 12.2. The third-order valence-corrected chi connectivity index (χ3v) is 5.64. The SMILES string of the molecule is O=C(OCc1cscn1)N1CCC(COc2ccc(Cl)c3ccccc23)C1. The summed E-state index contributed by atoms with van der Waals surface area (Å²) >= 11 is 7.75. The van der Waals surface area contributed by atoms with Gasteiger partial charge in [-0.1, -0.05) is 35.9 Å². The molecule has 4 rings (SSSR count). The van der Waals surface area contributed by atoms with Crippen molar-refractivity contribution >= 4 is 39.8 Å². The highest BCUT2D eigenvalue weighted by Gasteiger charge is 2.28. The first-order valence-corrected chi connectivity index (χ1v) is 10.1. The molecule has 0 radical (unpaired) electrons. The van der Waals surface area contributed by atoms with Crippen LogP contribution in [0, 0.1) is 5.92 Å². The van der Waals surface area contributed by atoms with Gasteiger partial charge in [0.1, 0.15) is 12.4 Å². The van der Waals surface area contributed by atoms with Gasteiger partial charge in [-0.2, -0.15) is 0 Å². The first-order chi connectivity index (χ1) is 13.2. The maximum Gasteiger partial charge on any atom is 0.410 e. The lowest BCUT2D eigenvalue weighted by atomic mass is 10.1. The van der Waals surface area contributed by atoms with Crippen molar-refractivity contribution in [2.24, 2.45) is 5.92 Å². The molecule has 3 aromatic rings. The number of aromatic nitrogens is 1. The van der Waals surface area contributed by atoms with Crippen molar-refractivity contribution in [2.75, 3.05) is 19.7 Å². The van der Waals surface area contributed by atoms with Crippen LogP contribution in [0.5, 0.6) is 5.75 Å². The zero-order chi connectivity index (χ0) is 18.6. The van der Waals surface area contributed by atoms with E-state index in [4.69, 9.17) is 21.1 Å². The minimum absolute atomic E-state index is 0.219. The molecule has 1 saturated heterocycles. The Balaban J connectivity index is 1.31. The van der Waals surface area contributed by atoms with E-state index in [-0.39, 0.29) is 18.6 Å². The van der Waals surface area contributed by atoms with E-state index in [0.717, 1.165) is 28.6 Å². The minimum atomic E-state index is -0.289. The van der Waals surface area contributed by atoms with Crippen molar-refractivity contribution in [3.8, 4) is 5.75 Å². The van der Waals surface area contributed by atoms with Crippen LogP contribution in [0.2, 0.25) is 5.02 Å². The molecule has 1 unspecified atom stereocenters. The maximum atomic E-state index is 12.2. The summed E-state index contributed by atoms with van der Waals surface area (Å²) in [6, 6.07) is 11.7. The second-order valence-electron chi connectivity index (χ2n) is 6.54. The molecule has 0 N–H and O–H groups in total. The molecular weight excluding hydrogens is 384 g/mol. The Kier molecular flexibility index (Phi) is 5.45. The summed E-state index contributed by atoms with van der Waals surface area (Å²) in [6.45, 7) is 2.10. The highest BCUT2D eigenvalue weighted by molar-refractivity contribution is 7.07. The Hall–Kier alpha value is -2.31. The molecule has 1 aliphatic heterocycles. The number of amides is 1. The van der Waals surface area contributed by atoms with Crippen LogP contribution in [0.3, 0.4) is 0 Å². The summed E-state index contributed by atoms with van der Waals surface area (Å²) in [4.78, 5) is 18.1. The fraction of sp³-hybridized carbons (Fsp3) is 0.300. The van der Waals surface area contributed by atoms with E-state index >= 15 is 0 Å². The van der Waals surface area contributed by atoms with Crippen LogP contribution >= 0.6 is 22.9 Å². The lowest BCUT2D eigenvalue weighted by molar-refractivity contribution is 0.101. The third-order valence-electron chi connectivity index (χ3n) is 4.68. The molecule has 1 aromatic heterocycles. The molecule has 5 nitrogen and oxygen atoms in total. The summed E-state index contributed by atoms with van der Waals surface area (Å²) < 4.78 is 11.4. The van der Waals surface area contributed by atoms with Gasteiger partial charge in [0.05, 0.1) is 17.8 Å². The summed E-state index contributed by atoms with van der Waals surface area (Å²) in [5, 5.41) is 4.58. The second-order valence-corrected chi connectivity index (χ2v) is 7.66. The number of nitrogens with zero attached hydrogens (tertiary/aromatic N) is 2. The molecule has 0 spiro atoms. The van der Waals surface area contributed by atoms with Gasteiger partial charge in [0.25, 0.3) is 0 Å². The van der Waals surface area contributed by atoms with E-state index in [1.54, 1.807) is 10.4 Å². The average molecular weight is 403 g/mol. The van der Waals surface area contributed by atoms with Crippen LogP contribution in [-0.2, 0) is 11.3 Å². The van der Waals surface area contributed by atoms with Crippen LogP contribution in [-0.4, -0.2) is 35.7 Å². The van der Waals surface area contributed by atoms with E-state index < -0.39 is 0 Å². The summed E-state index contributed by atoms with van der Waals surface area (Å²) in [5.74, 6) is 1.10. The number of hydrogen-bond donors (Lipinski definition) is 0. The number of benzene rings is 2. The standard InChI is InChI=1S/C20H19ClN2O3S/c21-18-5-6-19(17-4-2-1-3-16(17)18)25-10-14-7-8-23(9-14)20(24)26-11-15-12-27-13-22-15/h1-6,12-14H,7-11H2. The van der Waals surface area contributed by atoms with Gasteiger partial charge < -0.3 is 14.4 Å². The van der Waals surface area contributed by atoms with Crippen molar-refractivity contribution < 1.29 is 14.3 Å². The molecule has 1 aliphatic rings. The number of rotatable bonds is 5. The predicted octanol–water partition coefficient (Wildman–Crippen LogP) is 4.99. The smallest absolute Gasteiger partial charge is 0.410 e. The second kappa shape index (κ2) is 8.15. The quantitative estimate of drug-likeness (QED) is 0.603. The van der Waals surface area contributed by atoms with Gasteiger partial charge in [0, 0.05) is 40.2 Å². The van der Waals surface area contributed by atoms with Gasteiger partial charge >= 0.3 is 6.09 Å². The molecule has 2 aromatic carbocycles. The fourth-order valence-corrected chi connectivity index (χ4v) is 4.01. The van der Waals surface area contributed by atoms with Crippen molar-refractivity contribution in [3.05, 3.63) is 58.0 Å². The summed E-state index contributed by atoms with van der Waals surface area (Å²) in [7, 11) is 0. The topological polar surface area (TPSA) is 51.7 Å². The van der Waals surface area contributed by atoms with Crippen molar-refractivity contribution in [1.82, 2.24) is 9.88 Å². The van der Waals surface area contributed by atoms with Gasteiger partial charge in [-0.25, -0.2) is 9.78 Å². The molecular formula is C20H19ClN2O3S. The predicted molar refractivity (Wildman–Crippen MR) is 106 cm³/mol. The first kappa shape index (κ1) is 18.1. The van der Waals surface area contributed by atoms with Gasteiger partial charge in [-0.3, -0.25) is 0 Å². The average Bonchev–Trinajstić information content (AvgIpc) is 3.38. The fourth-order valence-electron chi connectivity index (χ4n) is 3.24. The normalized spacial score (nSPS) is 16.6. The van der Waals surface area contributed by atoms with Crippen LogP contribution in [0.15, 0.2) is 47.3 Å². The van der Waals surface area contributed by atoms with Crippen LogP contribution in [0.4, 0.5) is 4.79 Å². The number of carbonyl (C=O) groups is 1. The van der Waals surface area contributed by atoms with Crippen LogP contribution in [0.1, 0.15) is 12.1 Å². The molecule has 1 fully saturated rings. The highest BCUT2D eigenvalue weighted by atomic mass is 35.5. The van der Waals surface area contributed by atoms with E-state index in [9.17, 15) is 4.79 Å².